The molecule has 0 radical (unpaired) electrons. The Morgan fingerprint density at radius 1 is 0.354 bits per heavy atom. The van der Waals surface area contributed by atoms with E-state index in [1.54, 1.807) is 12.1 Å². The second-order valence-electron chi connectivity index (χ2n) is 11.9. The summed E-state index contributed by atoms with van der Waals surface area (Å²) in [5.41, 5.74) is 7.47. The lowest BCUT2D eigenvalue weighted by Gasteiger charge is -2.30. The summed E-state index contributed by atoms with van der Waals surface area (Å²) in [6.45, 7) is 0. The lowest BCUT2D eigenvalue weighted by molar-refractivity contribution is 0.640. The highest BCUT2D eigenvalue weighted by molar-refractivity contribution is 6.20. The number of benzene rings is 8. The first-order valence-electron chi connectivity index (χ1n) is 16.1. The van der Waals surface area contributed by atoms with Gasteiger partial charge in [-0.15, -0.1) is 0 Å². The van der Waals surface area contributed by atoms with Crippen molar-refractivity contribution in [2.75, 3.05) is 9.80 Å². The zero-order valence-electron chi connectivity index (χ0n) is 25.9. The van der Waals surface area contributed by atoms with Gasteiger partial charge in [0.05, 0.1) is 11.4 Å². The number of hydrogen-bond donors (Lipinski definition) is 0. The van der Waals surface area contributed by atoms with Crippen LogP contribution in [0.1, 0.15) is 0 Å². The first kappa shape index (κ1) is 27.9. The molecule has 0 amide bonds. The quantitative estimate of drug-likeness (QED) is 0.172. The number of furan rings is 1. The molecule has 0 bridgehead atoms. The number of nitrogens with zero attached hydrogens (tertiary/aromatic N) is 2. The van der Waals surface area contributed by atoms with Gasteiger partial charge in [0, 0.05) is 49.7 Å². The van der Waals surface area contributed by atoms with Crippen LogP contribution in [0.2, 0.25) is 0 Å². The van der Waals surface area contributed by atoms with Gasteiger partial charge in [0.1, 0.15) is 17.0 Å². The molecular formula is C44H29FN2O. The van der Waals surface area contributed by atoms with Crippen LogP contribution < -0.4 is 9.80 Å². The topological polar surface area (TPSA) is 19.6 Å². The van der Waals surface area contributed by atoms with Crippen molar-refractivity contribution in [1.29, 1.82) is 0 Å². The van der Waals surface area contributed by atoms with Crippen LogP contribution in [0.5, 0.6) is 0 Å². The third-order valence-electron chi connectivity index (χ3n) is 9.07. The SMILES string of the molecule is Fc1cccc2c1cc(N(c1ccccc1)c1ccc3oc4ccccc4c3c1)c1cccc(N(c3ccccc3)c3ccccc3)c12. The summed E-state index contributed by atoms with van der Waals surface area (Å²) >= 11 is 0. The van der Waals surface area contributed by atoms with Crippen LogP contribution in [-0.2, 0) is 0 Å². The Bertz CT molecular complexity index is 2540. The fraction of sp³-hybridized carbons (Fsp3) is 0. The molecule has 0 aliphatic carbocycles. The first-order chi connectivity index (χ1) is 23.7. The number of rotatable bonds is 6. The van der Waals surface area contributed by atoms with Crippen LogP contribution in [0.15, 0.2) is 180 Å². The van der Waals surface area contributed by atoms with Gasteiger partial charge in [-0.3, -0.25) is 0 Å². The maximum atomic E-state index is 16.0. The molecule has 0 aliphatic rings. The minimum atomic E-state index is -0.263. The standard InChI is InChI=1S/C44H29FN2O/c45-39-23-12-21-35-37(39)29-41(36-22-13-24-40(44(35)36)46(30-14-4-1-5-15-30)31-16-6-2-7-17-31)47(32-18-8-3-9-19-32)33-26-27-43-38(28-33)34-20-10-11-25-42(34)48-43/h1-29H. The summed E-state index contributed by atoms with van der Waals surface area (Å²) < 4.78 is 22.2. The molecule has 4 heteroatoms. The molecule has 0 unspecified atom stereocenters. The van der Waals surface area contributed by atoms with Gasteiger partial charge in [-0.25, -0.2) is 4.39 Å². The van der Waals surface area contributed by atoms with Crippen molar-refractivity contribution >= 4 is 77.6 Å². The molecule has 1 aromatic heterocycles. The molecule has 48 heavy (non-hydrogen) atoms. The minimum absolute atomic E-state index is 0.263. The maximum absolute atomic E-state index is 16.0. The van der Waals surface area contributed by atoms with Crippen LogP contribution >= 0.6 is 0 Å². The van der Waals surface area contributed by atoms with Crippen molar-refractivity contribution in [3.8, 4) is 0 Å². The lowest BCUT2D eigenvalue weighted by atomic mass is 9.96. The fourth-order valence-corrected chi connectivity index (χ4v) is 6.96. The molecule has 9 aromatic rings. The molecule has 0 aliphatic heterocycles. The molecule has 0 saturated heterocycles. The van der Waals surface area contributed by atoms with E-state index >= 15 is 4.39 Å². The molecule has 228 valence electrons. The molecule has 1 heterocycles. The average Bonchev–Trinajstić information content (AvgIpc) is 3.52. The number of hydrogen-bond acceptors (Lipinski definition) is 3. The van der Waals surface area contributed by atoms with Crippen molar-refractivity contribution in [3.63, 3.8) is 0 Å². The third kappa shape index (κ3) is 4.57. The summed E-state index contributed by atoms with van der Waals surface area (Å²) in [5.74, 6) is -0.263. The van der Waals surface area contributed by atoms with Gasteiger partial charge in [-0.1, -0.05) is 97.1 Å². The van der Waals surface area contributed by atoms with E-state index in [-0.39, 0.29) is 5.82 Å². The summed E-state index contributed by atoms with van der Waals surface area (Å²) in [6.07, 6.45) is 0. The van der Waals surface area contributed by atoms with E-state index in [2.05, 4.69) is 82.6 Å². The van der Waals surface area contributed by atoms with Crippen LogP contribution in [0.25, 0.3) is 43.5 Å². The maximum Gasteiger partial charge on any atom is 0.135 e. The van der Waals surface area contributed by atoms with Crippen LogP contribution in [0.3, 0.4) is 0 Å². The zero-order chi connectivity index (χ0) is 32.0. The highest BCUT2D eigenvalue weighted by Crippen LogP contribution is 2.48. The van der Waals surface area contributed by atoms with E-state index in [9.17, 15) is 0 Å². The van der Waals surface area contributed by atoms with E-state index in [0.29, 0.717) is 5.39 Å². The van der Waals surface area contributed by atoms with Crippen molar-refractivity contribution in [2.45, 2.75) is 0 Å². The largest absolute Gasteiger partial charge is 0.456 e. The zero-order valence-corrected chi connectivity index (χ0v) is 25.9. The van der Waals surface area contributed by atoms with Gasteiger partial charge in [0.25, 0.3) is 0 Å². The molecular weight excluding hydrogens is 591 g/mol. The Morgan fingerprint density at radius 2 is 0.896 bits per heavy atom. The number of para-hydroxylation sites is 4. The summed E-state index contributed by atoms with van der Waals surface area (Å²) in [7, 11) is 0. The molecule has 0 N–H and O–H groups in total. The highest BCUT2D eigenvalue weighted by atomic mass is 19.1. The van der Waals surface area contributed by atoms with E-state index in [1.165, 1.54) is 0 Å². The first-order valence-corrected chi connectivity index (χ1v) is 16.1. The fourth-order valence-electron chi connectivity index (χ4n) is 6.96. The Hall–Kier alpha value is -6.39. The highest BCUT2D eigenvalue weighted by Gasteiger charge is 2.23. The molecule has 8 aromatic carbocycles. The molecule has 0 atom stereocenters. The number of anilines is 6. The predicted octanol–water partition coefficient (Wildman–Crippen LogP) is 13.0. The lowest BCUT2D eigenvalue weighted by Crippen LogP contribution is -2.13. The molecule has 3 nitrogen and oxygen atoms in total. The predicted molar refractivity (Wildman–Crippen MR) is 198 cm³/mol. The molecule has 0 saturated carbocycles. The normalized spacial score (nSPS) is 11.4. The summed E-state index contributed by atoms with van der Waals surface area (Å²) in [6, 6.07) is 59.1. The smallest absolute Gasteiger partial charge is 0.135 e. The Labute approximate surface area is 277 Å². The van der Waals surface area contributed by atoms with Gasteiger partial charge < -0.3 is 14.2 Å². The Morgan fingerprint density at radius 3 is 1.58 bits per heavy atom. The van der Waals surface area contributed by atoms with E-state index in [4.69, 9.17) is 4.42 Å². The molecule has 9 rings (SSSR count). The third-order valence-corrected chi connectivity index (χ3v) is 9.07. The van der Waals surface area contributed by atoms with Crippen molar-refractivity contribution in [2.24, 2.45) is 0 Å². The number of halogens is 1. The summed E-state index contributed by atoms with van der Waals surface area (Å²) in [4.78, 5) is 4.49. The van der Waals surface area contributed by atoms with Gasteiger partial charge >= 0.3 is 0 Å². The average molecular weight is 621 g/mol. The molecule has 0 spiro atoms. The van der Waals surface area contributed by atoms with Crippen LogP contribution in [0.4, 0.5) is 38.5 Å². The van der Waals surface area contributed by atoms with E-state index < -0.39 is 0 Å². The monoisotopic (exact) mass is 620 g/mol. The van der Waals surface area contributed by atoms with Crippen LogP contribution in [-0.4, -0.2) is 0 Å². The van der Waals surface area contributed by atoms with Gasteiger partial charge in [-0.2, -0.15) is 0 Å². The second kappa shape index (κ2) is 11.4. The van der Waals surface area contributed by atoms with Crippen molar-refractivity contribution in [3.05, 3.63) is 182 Å². The van der Waals surface area contributed by atoms with Gasteiger partial charge in [-0.05, 0) is 84.2 Å². The molecule has 0 fully saturated rings. The Kier molecular flexibility index (Phi) is 6.65. The van der Waals surface area contributed by atoms with Gasteiger partial charge in [0.15, 0.2) is 0 Å². The van der Waals surface area contributed by atoms with Crippen molar-refractivity contribution in [1.82, 2.24) is 0 Å². The van der Waals surface area contributed by atoms with Crippen LogP contribution in [0, 0.1) is 5.82 Å². The minimum Gasteiger partial charge on any atom is -0.456 e. The van der Waals surface area contributed by atoms with E-state index in [1.807, 2.05) is 91.0 Å². The van der Waals surface area contributed by atoms with Crippen molar-refractivity contribution < 1.29 is 8.81 Å². The number of fused-ring (bicyclic) bond motifs is 6. The second-order valence-corrected chi connectivity index (χ2v) is 11.9. The Balaban J connectivity index is 1.38. The van der Waals surface area contributed by atoms with Gasteiger partial charge in [0.2, 0.25) is 0 Å². The van der Waals surface area contributed by atoms with E-state index in [0.717, 1.165) is 72.2 Å². The summed E-state index contributed by atoms with van der Waals surface area (Å²) in [5, 5.41) is 5.46.